The fourth-order valence-electron chi connectivity index (χ4n) is 16.2. The average Bonchev–Trinajstić information content (AvgIpc) is 4.02. The fourth-order valence-corrected chi connectivity index (χ4v) is 16.2. The first-order valence-corrected chi connectivity index (χ1v) is 27.1. The van der Waals surface area contributed by atoms with Crippen molar-refractivity contribution in [2.75, 3.05) is 39.6 Å². The molecule has 0 bridgehead atoms. The Bertz CT molecular complexity index is 2140. The summed E-state index contributed by atoms with van der Waals surface area (Å²) in [5.41, 5.74) is -1.21. The van der Waals surface area contributed by atoms with Gasteiger partial charge >= 0.3 is 5.97 Å². The van der Waals surface area contributed by atoms with E-state index in [2.05, 4.69) is 27.7 Å². The maximum absolute atomic E-state index is 12.7. The SMILES string of the molecule is C[C@@H]1C[C@]2(C[C@@H](C)[C@]3(CC[C@@]4(C)C5=C(CC[C@@]43C)[C@@]3(C)CC[C@H](O[C@@H]4O[C@H](CO[C@@H]6OC[C@H](O)[C@H](O)[C@H]6O[C@@H]6O[C@H](CO)[C@@H](O)[C@H](O)[C@H]6O[C@@H]6OC[C@](O)(CO)[C@H]6O)[C@@H](O)[C@H](O)[C@H]4O)[C@](C)(CO)[C@@H]3CC5)O2)OC1=O. The summed E-state index contributed by atoms with van der Waals surface area (Å²) >= 11 is 0. The minimum absolute atomic E-state index is 0.0487. The van der Waals surface area contributed by atoms with Crippen LogP contribution in [0.25, 0.3) is 0 Å². The third-order valence-corrected chi connectivity index (χ3v) is 20.9. The van der Waals surface area contributed by atoms with Crippen LogP contribution in [0.15, 0.2) is 11.1 Å². The Morgan fingerprint density at radius 2 is 1.36 bits per heavy atom. The van der Waals surface area contributed by atoms with Crippen molar-refractivity contribution in [3.05, 3.63) is 11.1 Å². The maximum atomic E-state index is 12.7. The van der Waals surface area contributed by atoms with Crippen molar-refractivity contribution in [3.63, 3.8) is 0 Å². The van der Waals surface area contributed by atoms with E-state index in [0.717, 1.165) is 38.5 Å². The van der Waals surface area contributed by atoms with Gasteiger partial charge in [-0.2, -0.15) is 0 Å². The Morgan fingerprint density at radius 1 is 0.667 bits per heavy atom. The molecule has 12 N–H and O–H groups in total. The van der Waals surface area contributed by atoms with Crippen molar-refractivity contribution >= 4 is 5.97 Å². The lowest BCUT2D eigenvalue weighted by molar-refractivity contribution is -0.378. The van der Waals surface area contributed by atoms with Crippen molar-refractivity contribution < 1.29 is 113 Å². The van der Waals surface area contributed by atoms with Crippen molar-refractivity contribution in [2.24, 2.45) is 39.4 Å². The second-order valence-electron chi connectivity index (χ2n) is 24.9. The van der Waals surface area contributed by atoms with Crippen LogP contribution in [0.5, 0.6) is 0 Å². The monoisotopic (exact) mass is 1070 g/mol. The quantitative estimate of drug-likeness (QED) is 0.0750. The van der Waals surface area contributed by atoms with Crippen LogP contribution in [0.4, 0.5) is 0 Å². The van der Waals surface area contributed by atoms with Gasteiger partial charge in [0.1, 0.15) is 78.8 Å². The van der Waals surface area contributed by atoms with E-state index in [1.54, 1.807) is 0 Å². The average molecular weight is 1080 g/mol. The summed E-state index contributed by atoms with van der Waals surface area (Å²) in [6.45, 7) is 9.65. The molecule has 6 saturated heterocycles. The van der Waals surface area contributed by atoms with Gasteiger partial charge in [0.05, 0.1) is 57.3 Å². The summed E-state index contributed by atoms with van der Waals surface area (Å²) in [7, 11) is 0. The number of hydrogen-bond acceptors (Lipinski definition) is 23. The summed E-state index contributed by atoms with van der Waals surface area (Å²) in [5.74, 6) is -1.14. The van der Waals surface area contributed by atoms with E-state index in [-0.39, 0.29) is 46.6 Å². The molecule has 10 rings (SSSR count). The second-order valence-corrected chi connectivity index (χ2v) is 24.9. The van der Waals surface area contributed by atoms with Gasteiger partial charge in [-0.15, -0.1) is 0 Å². The molecule has 428 valence electrons. The molecule has 75 heavy (non-hydrogen) atoms. The Balaban J connectivity index is 0.829. The number of aliphatic hydroxyl groups excluding tert-OH is 11. The number of carbonyl (C=O) groups is 1. The maximum Gasteiger partial charge on any atom is 0.311 e. The Labute approximate surface area is 435 Å². The van der Waals surface area contributed by atoms with Crippen LogP contribution in [-0.4, -0.2) is 228 Å². The third-order valence-electron chi connectivity index (χ3n) is 20.9. The number of carbonyl (C=O) groups excluding carboxylic acids is 1. The number of hydrogen-bond donors (Lipinski definition) is 12. The van der Waals surface area contributed by atoms with Crippen LogP contribution in [0, 0.1) is 39.4 Å². The van der Waals surface area contributed by atoms with Crippen LogP contribution in [0.3, 0.4) is 0 Å². The summed E-state index contributed by atoms with van der Waals surface area (Å²) in [6.07, 6.45) is -20.2. The molecule has 6 aliphatic heterocycles. The van der Waals surface area contributed by atoms with E-state index in [9.17, 15) is 66.1 Å². The van der Waals surface area contributed by atoms with Gasteiger partial charge in [-0.1, -0.05) is 52.7 Å². The van der Waals surface area contributed by atoms with E-state index in [0.29, 0.717) is 25.7 Å². The van der Waals surface area contributed by atoms with Gasteiger partial charge in [0, 0.05) is 23.7 Å². The first-order chi connectivity index (χ1) is 35.3. The van der Waals surface area contributed by atoms with Gasteiger partial charge in [-0.25, -0.2) is 0 Å². The molecule has 27 atom stereocenters. The number of fused-ring (bicyclic) bond motifs is 5. The van der Waals surface area contributed by atoms with Crippen molar-refractivity contribution in [3.8, 4) is 0 Å². The molecule has 0 unspecified atom stereocenters. The first kappa shape index (κ1) is 56.6. The van der Waals surface area contributed by atoms with Gasteiger partial charge in [0.25, 0.3) is 0 Å². The van der Waals surface area contributed by atoms with Gasteiger partial charge in [-0.05, 0) is 74.0 Å². The van der Waals surface area contributed by atoms with Gasteiger partial charge in [-0.3, -0.25) is 4.79 Å². The van der Waals surface area contributed by atoms with Crippen LogP contribution in [0.2, 0.25) is 0 Å². The molecule has 2 spiro atoms. The van der Waals surface area contributed by atoms with Gasteiger partial charge in [0.15, 0.2) is 25.2 Å². The van der Waals surface area contributed by atoms with E-state index in [4.69, 9.17) is 47.4 Å². The predicted octanol–water partition coefficient (Wildman–Crippen LogP) is -1.90. The Morgan fingerprint density at radius 3 is 2.03 bits per heavy atom. The normalized spacial score (nSPS) is 55.8. The lowest BCUT2D eigenvalue weighted by Crippen LogP contribution is -2.65. The largest absolute Gasteiger partial charge is 0.433 e. The van der Waals surface area contributed by atoms with E-state index < -0.39 is 160 Å². The highest BCUT2D eigenvalue weighted by molar-refractivity contribution is 5.74. The van der Waals surface area contributed by atoms with Crippen LogP contribution >= 0.6 is 0 Å². The third kappa shape index (κ3) is 8.66. The predicted molar refractivity (Wildman–Crippen MR) is 252 cm³/mol. The molecule has 8 fully saturated rings. The molecule has 10 aliphatic rings. The summed E-state index contributed by atoms with van der Waals surface area (Å²) in [6, 6.07) is 0. The van der Waals surface area contributed by atoms with E-state index in [1.165, 1.54) is 11.1 Å². The number of esters is 1. The number of ether oxygens (including phenoxy) is 10. The summed E-state index contributed by atoms with van der Waals surface area (Å²) in [5, 5.41) is 130. The van der Waals surface area contributed by atoms with Crippen LogP contribution < -0.4 is 0 Å². The smallest absolute Gasteiger partial charge is 0.311 e. The molecule has 0 amide bonds. The first-order valence-electron chi connectivity index (χ1n) is 27.1. The molecule has 6 heterocycles. The van der Waals surface area contributed by atoms with E-state index >= 15 is 0 Å². The molecule has 4 aliphatic carbocycles. The molecule has 23 heteroatoms. The zero-order valence-electron chi connectivity index (χ0n) is 43.7. The molecule has 0 aromatic carbocycles. The highest BCUT2D eigenvalue weighted by atomic mass is 16.8. The van der Waals surface area contributed by atoms with Crippen molar-refractivity contribution in [1.82, 2.24) is 0 Å². The lowest BCUT2D eigenvalue weighted by Gasteiger charge is -2.63. The van der Waals surface area contributed by atoms with Crippen molar-refractivity contribution in [2.45, 2.75) is 227 Å². The number of aliphatic hydroxyl groups is 12. The number of rotatable bonds is 12. The molecule has 0 aromatic rings. The Kier molecular flexibility index (Phi) is 15.2. The number of allylic oxidation sites excluding steroid dienone is 2. The zero-order valence-corrected chi connectivity index (χ0v) is 43.7. The summed E-state index contributed by atoms with van der Waals surface area (Å²) < 4.78 is 60.6. The minimum atomic E-state index is -2.14. The highest BCUT2D eigenvalue weighted by Crippen LogP contribution is 2.76. The molecular formula is C52H82O23. The van der Waals surface area contributed by atoms with Crippen LogP contribution in [0.1, 0.15) is 106 Å². The van der Waals surface area contributed by atoms with Crippen LogP contribution in [-0.2, 0) is 52.2 Å². The molecule has 0 aromatic heterocycles. The molecule has 23 nitrogen and oxygen atoms in total. The van der Waals surface area contributed by atoms with Gasteiger partial charge < -0.3 is 109 Å². The zero-order chi connectivity index (χ0) is 54.2. The van der Waals surface area contributed by atoms with Gasteiger partial charge in [0.2, 0.25) is 5.79 Å². The standard InChI is InChI=1S/C52H82O23/c1-23-15-51(74-41(23)64)16-24(2)52(75-51)14-13-48(5)26-7-8-30-46(3,25(26)9-12-49(48,52)6)11-10-31(47(30,4)20-54)71-42-37(62)35(60)34(59)29(70-42)19-67-43-38(32(57)27(56)18-66-43)72-44-39(36(61)33(58)28(17-53)69-44)73-45-40(63)50(65,21-55)22-68-45/h23-24,27-40,42-45,53-63,65H,7-22H2,1-6H3/t23-,24-,27+,28-,29-,30-,31+,32+,33-,34-,35+,36+,37-,38-,39-,40+,42+,43+,44+,45+,46-,47-,48+,49+,50-,51+,52+/m1/s1. The topological polar surface area (TPSA) is 352 Å². The second kappa shape index (κ2) is 20.1. The highest BCUT2D eigenvalue weighted by Gasteiger charge is 2.75. The minimum Gasteiger partial charge on any atom is -0.433 e. The van der Waals surface area contributed by atoms with Crippen molar-refractivity contribution in [1.29, 1.82) is 0 Å². The Hall–Kier alpha value is -1.63. The lowest BCUT2D eigenvalue weighted by atomic mass is 9.42. The molecule has 2 saturated carbocycles. The fraction of sp³-hybridized carbons (Fsp3) is 0.942. The van der Waals surface area contributed by atoms with E-state index in [1.807, 2.05) is 13.8 Å². The summed E-state index contributed by atoms with van der Waals surface area (Å²) in [4.78, 5) is 12.7. The molecule has 0 radical (unpaired) electrons. The molecular weight excluding hydrogens is 993 g/mol.